The minimum atomic E-state index is -0.173. The van der Waals surface area contributed by atoms with E-state index >= 15 is 0 Å². The number of carbonyl (C=O) groups excluding carboxylic acids is 1. The van der Waals surface area contributed by atoms with Crippen molar-refractivity contribution in [2.24, 2.45) is 5.92 Å². The van der Waals surface area contributed by atoms with Gasteiger partial charge in [-0.15, -0.1) is 10.2 Å². The van der Waals surface area contributed by atoms with Crippen molar-refractivity contribution in [3.8, 4) is 0 Å². The first-order valence-corrected chi connectivity index (χ1v) is 9.45. The minimum absolute atomic E-state index is 0.144. The molecule has 3 rings (SSSR count). The topological polar surface area (TPSA) is 83.4 Å². The number of aromatic nitrogens is 4. The summed E-state index contributed by atoms with van der Waals surface area (Å²) in [6, 6.07) is 1.58. The molecule has 0 aromatic carbocycles. The van der Waals surface area contributed by atoms with Gasteiger partial charge < -0.3 is 4.90 Å². The molecule has 1 N–H and O–H groups in total. The fourth-order valence-electron chi connectivity index (χ4n) is 2.98. The van der Waals surface area contributed by atoms with Gasteiger partial charge in [0.05, 0.1) is 5.75 Å². The van der Waals surface area contributed by atoms with Crippen LogP contribution in [0.3, 0.4) is 0 Å². The summed E-state index contributed by atoms with van der Waals surface area (Å²) in [5.74, 6) is 1.63. The molecule has 1 aliphatic rings. The highest BCUT2D eigenvalue weighted by Crippen LogP contribution is 2.21. The Morgan fingerprint density at radius 3 is 2.83 bits per heavy atom. The lowest BCUT2D eigenvalue weighted by Crippen LogP contribution is -2.38. The zero-order chi connectivity index (χ0) is 17.1. The number of aryl methyl sites for hydroxylation is 1. The number of fused-ring (bicyclic) bond motifs is 1. The van der Waals surface area contributed by atoms with Crippen LogP contribution in [0.15, 0.2) is 16.0 Å². The van der Waals surface area contributed by atoms with Crippen molar-refractivity contribution in [2.45, 2.75) is 44.7 Å². The number of hydrogen-bond acceptors (Lipinski definition) is 5. The fourth-order valence-corrected chi connectivity index (χ4v) is 3.85. The molecule has 0 atom stereocenters. The monoisotopic (exact) mass is 349 g/mol. The Hall–Kier alpha value is -1.83. The molecule has 1 amide bonds. The van der Waals surface area contributed by atoms with E-state index in [9.17, 15) is 9.59 Å². The largest absolute Gasteiger partial charge is 0.342 e. The number of likely N-dealkylation sites (tertiary alicyclic amines) is 1. The molecule has 8 heteroatoms. The van der Waals surface area contributed by atoms with Gasteiger partial charge in [0.2, 0.25) is 11.7 Å². The van der Waals surface area contributed by atoms with E-state index in [1.165, 1.54) is 11.8 Å². The summed E-state index contributed by atoms with van der Waals surface area (Å²) in [5, 5.41) is 8.83. The highest BCUT2D eigenvalue weighted by molar-refractivity contribution is 7.99. The van der Waals surface area contributed by atoms with Crippen LogP contribution < -0.4 is 5.56 Å². The van der Waals surface area contributed by atoms with Crippen molar-refractivity contribution in [1.29, 1.82) is 0 Å². The van der Waals surface area contributed by atoms with Gasteiger partial charge in [-0.05, 0) is 25.2 Å². The highest BCUT2D eigenvalue weighted by Gasteiger charge is 2.21. The maximum Gasteiger partial charge on any atom is 0.252 e. The molecule has 2 aromatic heterocycles. The minimum Gasteiger partial charge on any atom is -0.342 e. The van der Waals surface area contributed by atoms with Gasteiger partial charge >= 0.3 is 0 Å². The van der Waals surface area contributed by atoms with Gasteiger partial charge in [-0.25, -0.2) is 0 Å². The van der Waals surface area contributed by atoms with Crippen LogP contribution in [-0.4, -0.2) is 49.2 Å². The molecule has 0 spiro atoms. The smallest absolute Gasteiger partial charge is 0.252 e. The Balaban J connectivity index is 1.73. The molecule has 0 aliphatic carbocycles. The summed E-state index contributed by atoms with van der Waals surface area (Å²) in [5.41, 5.74) is 0.705. The SMILES string of the molecule is CCCc1cc(=O)[nH]c2nnc(SCC(=O)N3CCC(C)CC3)n12. The van der Waals surface area contributed by atoms with Gasteiger partial charge in [0, 0.05) is 24.8 Å². The van der Waals surface area contributed by atoms with Gasteiger partial charge in [0.15, 0.2) is 5.16 Å². The average molecular weight is 349 g/mol. The lowest BCUT2D eigenvalue weighted by molar-refractivity contribution is -0.129. The number of nitrogens with zero attached hydrogens (tertiary/aromatic N) is 4. The molecule has 0 bridgehead atoms. The van der Waals surface area contributed by atoms with E-state index in [0.717, 1.165) is 44.5 Å². The molecule has 0 saturated carbocycles. The summed E-state index contributed by atoms with van der Waals surface area (Å²) in [6.45, 7) is 5.98. The van der Waals surface area contributed by atoms with E-state index in [4.69, 9.17) is 0 Å². The molecule has 1 fully saturated rings. The van der Waals surface area contributed by atoms with Crippen molar-refractivity contribution < 1.29 is 4.79 Å². The third-order valence-electron chi connectivity index (χ3n) is 4.42. The van der Waals surface area contributed by atoms with E-state index in [-0.39, 0.29) is 11.5 Å². The predicted octanol–water partition coefficient (Wildman–Crippen LogP) is 1.72. The quantitative estimate of drug-likeness (QED) is 0.831. The fraction of sp³-hybridized carbons (Fsp3) is 0.625. The molecule has 7 nitrogen and oxygen atoms in total. The van der Waals surface area contributed by atoms with Crippen molar-refractivity contribution in [3.63, 3.8) is 0 Å². The maximum absolute atomic E-state index is 12.4. The van der Waals surface area contributed by atoms with Crippen LogP contribution in [0.5, 0.6) is 0 Å². The summed E-state index contributed by atoms with van der Waals surface area (Å²) in [4.78, 5) is 28.7. The van der Waals surface area contributed by atoms with E-state index in [0.29, 0.717) is 22.6 Å². The third-order valence-corrected chi connectivity index (χ3v) is 5.33. The number of carbonyl (C=O) groups is 1. The van der Waals surface area contributed by atoms with Gasteiger partial charge in [0.1, 0.15) is 0 Å². The Morgan fingerprint density at radius 2 is 2.12 bits per heavy atom. The lowest BCUT2D eigenvalue weighted by Gasteiger charge is -2.30. The summed E-state index contributed by atoms with van der Waals surface area (Å²) < 4.78 is 1.85. The molecule has 24 heavy (non-hydrogen) atoms. The zero-order valence-corrected chi connectivity index (χ0v) is 14.9. The molecule has 1 aliphatic heterocycles. The number of rotatable bonds is 5. The number of aromatic amines is 1. The van der Waals surface area contributed by atoms with Crippen LogP contribution in [0.4, 0.5) is 0 Å². The van der Waals surface area contributed by atoms with Crippen molar-refractivity contribution in [2.75, 3.05) is 18.8 Å². The maximum atomic E-state index is 12.4. The number of thioether (sulfide) groups is 1. The van der Waals surface area contributed by atoms with E-state index in [2.05, 4.69) is 29.0 Å². The Kier molecular flexibility index (Phi) is 5.23. The number of amides is 1. The second kappa shape index (κ2) is 7.38. The molecule has 130 valence electrons. The zero-order valence-electron chi connectivity index (χ0n) is 14.1. The van der Waals surface area contributed by atoms with Gasteiger partial charge in [-0.3, -0.25) is 19.0 Å². The number of nitrogens with one attached hydrogen (secondary N) is 1. The molecule has 3 heterocycles. The molecule has 0 radical (unpaired) electrons. The summed E-state index contributed by atoms with van der Waals surface area (Å²) in [7, 11) is 0. The normalized spacial score (nSPS) is 16.0. The average Bonchev–Trinajstić information content (AvgIpc) is 2.96. The number of hydrogen-bond donors (Lipinski definition) is 1. The first-order chi connectivity index (χ1) is 11.6. The Bertz CT molecular complexity index is 776. The van der Waals surface area contributed by atoms with Gasteiger partial charge in [-0.1, -0.05) is 32.0 Å². The van der Waals surface area contributed by atoms with Crippen LogP contribution in [0.2, 0.25) is 0 Å². The molecular weight excluding hydrogens is 326 g/mol. The Morgan fingerprint density at radius 1 is 1.38 bits per heavy atom. The van der Waals surface area contributed by atoms with Crippen LogP contribution >= 0.6 is 11.8 Å². The molecule has 0 unspecified atom stereocenters. The van der Waals surface area contributed by atoms with Crippen LogP contribution in [0.1, 0.15) is 38.8 Å². The molecular formula is C16H23N5O2S. The molecule has 2 aromatic rings. The van der Waals surface area contributed by atoms with Gasteiger partial charge in [0.25, 0.3) is 5.56 Å². The van der Waals surface area contributed by atoms with Crippen molar-refractivity contribution in [1.82, 2.24) is 24.5 Å². The lowest BCUT2D eigenvalue weighted by atomic mass is 9.99. The summed E-state index contributed by atoms with van der Waals surface area (Å²) in [6.07, 6.45) is 3.84. The van der Waals surface area contributed by atoms with Crippen molar-refractivity contribution >= 4 is 23.4 Å². The second-order valence-corrected chi connectivity index (χ2v) is 7.31. The molecule has 1 saturated heterocycles. The van der Waals surface area contributed by atoms with Crippen molar-refractivity contribution in [3.05, 3.63) is 22.1 Å². The first kappa shape index (κ1) is 17.0. The number of piperidine rings is 1. The standard InChI is InChI=1S/C16H23N5O2S/c1-3-4-12-9-13(22)17-15-18-19-16(21(12)15)24-10-14(23)20-7-5-11(2)6-8-20/h9,11H,3-8,10H2,1-2H3,(H,17,18,22). The second-order valence-electron chi connectivity index (χ2n) is 6.37. The third kappa shape index (κ3) is 3.63. The first-order valence-electron chi connectivity index (χ1n) is 8.46. The van der Waals surface area contributed by atoms with Crippen LogP contribution in [-0.2, 0) is 11.2 Å². The summed E-state index contributed by atoms with van der Waals surface area (Å²) >= 11 is 1.38. The number of H-pyrrole nitrogens is 1. The van der Waals surface area contributed by atoms with Crippen LogP contribution in [0.25, 0.3) is 5.78 Å². The predicted molar refractivity (Wildman–Crippen MR) is 93.3 cm³/mol. The van der Waals surface area contributed by atoms with Gasteiger partial charge in [-0.2, -0.15) is 0 Å². The van der Waals surface area contributed by atoms with E-state index < -0.39 is 0 Å². The Labute approximate surface area is 144 Å². The van der Waals surface area contributed by atoms with E-state index in [1.807, 2.05) is 9.30 Å². The van der Waals surface area contributed by atoms with Crippen LogP contribution in [0, 0.1) is 5.92 Å². The van der Waals surface area contributed by atoms with E-state index in [1.54, 1.807) is 6.07 Å². The highest BCUT2D eigenvalue weighted by atomic mass is 32.2.